The Balaban J connectivity index is 2.01. The summed E-state index contributed by atoms with van der Waals surface area (Å²) in [6, 6.07) is 7.69. The minimum Gasteiger partial charge on any atom is -0.480 e. The van der Waals surface area contributed by atoms with E-state index in [-0.39, 0.29) is 12.6 Å². The van der Waals surface area contributed by atoms with Crippen molar-refractivity contribution in [3.05, 3.63) is 35.4 Å². The molecule has 1 aliphatic rings. The number of rotatable bonds is 6. The molecule has 0 spiro atoms. The predicted octanol–water partition coefficient (Wildman–Crippen LogP) is 2.34. The Morgan fingerprint density at radius 2 is 1.95 bits per heavy atom. The van der Waals surface area contributed by atoms with E-state index in [1.165, 1.54) is 4.90 Å². The third-order valence-electron chi connectivity index (χ3n) is 3.77. The largest absolute Gasteiger partial charge is 0.480 e. The number of hydrogen-bond donors (Lipinski definition) is 1. The molecule has 1 N–H and O–H groups in total. The van der Waals surface area contributed by atoms with Gasteiger partial charge in [-0.15, -0.1) is 0 Å². The van der Waals surface area contributed by atoms with Crippen molar-refractivity contribution in [1.29, 1.82) is 0 Å². The highest BCUT2D eigenvalue weighted by atomic mass is 16.4. The van der Waals surface area contributed by atoms with Gasteiger partial charge in [-0.1, -0.05) is 24.3 Å². The first-order valence-electron chi connectivity index (χ1n) is 7.23. The van der Waals surface area contributed by atoms with Crippen molar-refractivity contribution < 1.29 is 14.7 Å². The van der Waals surface area contributed by atoms with E-state index in [9.17, 15) is 9.59 Å². The van der Waals surface area contributed by atoms with E-state index >= 15 is 0 Å². The van der Waals surface area contributed by atoms with Crippen LogP contribution in [0.4, 0.5) is 4.79 Å². The number of carboxylic acid groups (broad SMARTS) is 1. The Kier molecular flexibility index (Phi) is 4.83. The zero-order valence-corrected chi connectivity index (χ0v) is 12.6. The molecule has 1 aromatic rings. The van der Waals surface area contributed by atoms with E-state index in [0.29, 0.717) is 19.0 Å². The molecule has 114 valence electrons. The van der Waals surface area contributed by atoms with Crippen LogP contribution in [-0.4, -0.2) is 47.0 Å². The molecule has 0 bridgehead atoms. The monoisotopic (exact) mass is 290 g/mol. The van der Waals surface area contributed by atoms with Crippen molar-refractivity contribution in [2.75, 3.05) is 20.1 Å². The van der Waals surface area contributed by atoms with Crippen molar-refractivity contribution in [2.24, 2.45) is 5.92 Å². The van der Waals surface area contributed by atoms with Crippen LogP contribution in [0.2, 0.25) is 0 Å². The molecule has 0 heterocycles. The summed E-state index contributed by atoms with van der Waals surface area (Å²) >= 11 is 0. The molecule has 1 fully saturated rings. The molecular weight excluding hydrogens is 268 g/mol. The van der Waals surface area contributed by atoms with Gasteiger partial charge in [0.15, 0.2) is 0 Å². The molecule has 1 aliphatic carbocycles. The fourth-order valence-corrected chi connectivity index (χ4v) is 2.34. The Morgan fingerprint density at radius 1 is 1.29 bits per heavy atom. The number of urea groups is 1. The number of hydrogen-bond acceptors (Lipinski definition) is 2. The predicted molar refractivity (Wildman–Crippen MR) is 80.0 cm³/mol. The zero-order valence-electron chi connectivity index (χ0n) is 12.6. The average Bonchev–Trinajstić information content (AvgIpc) is 3.23. The lowest BCUT2D eigenvalue weighted by Crippen LogP contribution is -2.44. The first-order valence-corrected chi connectivity index (χ1v) is 7.23. The molecule has 5 heteroatoms. The molecule has 0 atom stereocenters. The normalized spacial score (nSPS) is 13.8. The second-order valence-corrected chi connectivity index (χ2v) is 5.78. The second-order valence-electron chi connectivity index (χ2n) is 5.78. The SMILES string of the molecule is Cc1ccccc1CN(C)C(=O)N(CC(=O)O)CC1CC1. The molecule has 0 saturated heterocycles. The third-order valence-corrected chi connectivity index (χ3v) is 3.77. The summed E-state index contributed by atoms with van der Waals surface area (Å²) in [6.45, 7) is 2.82. The highest BCUT2D eigenvalue weighted by molar-refractivity contribution is 5.80. The number of aliphatic carboxylic acids is 1. The standard InChI is InChI=1S/C16H22N2O3/c1-12-5-3-4-6-14(12)10-17(2)16(21)18(11-15(19)20)9-13-7-8-13/h3-6,13H,7-11H2,1-2H3,(H,19,20). The number of nitrogens with zero attached hydrogens (tertiary/aromatic N) is 2. The molecule has 1 aromatic carbocycles. The average molecular weight is 290 g/mol. The topological polar surface area (TPSA) is 60.9 Å². The molecule has 2 amide bonds. The van der Waals surface area contributed by atoms with Gasteiger partial charge in [0.2, 0.25) is 0 Å². The van der Waals surface area contributed by atoms with E-state index in [1.54, 1.807) is 11.9 Å². The number of benzene rings is 1. The fourth-order valence-electron chi connectivity index (χ4n) is 2.34. The lowest BCUT2D eigenvalue weighted by molar-refractivity contribution is -0.137. The van der Waals surface area contributed by atoms with Gasteiger partial charge >= 0.3 is 12.0 Å². The number of carbonyl (C=O) groups excluding carboxylic acids is 1. The summed E-state index contributed by atoms with van der Waals surface area (Å²) in [4.78, 5) is 26.4. The third kappa shape index (κ3) is 4.48. The van der Waals surface area contributed by atoms with Gasteiger partial charge in [-0.25, -0.2) is 4.79 Å². The Labute approximate surface area is 125 Å². The first kappa shape index (κ1) is 15.4. The minimum atomic E-state index is -0.965. The summed E-state index contributed by atoms with van der Waals surface area (Å²) in [7, 11) is 1.72. The van der Waals surface area contributed by atoms with Crippen LogP contribution in [0.5, 0.6) is 0 Å². The molecule has 21 heavy (non-hydrogen) atoms. The molecule has 5 nitrogen and oxygen atoms in total. The van der Waals surface area contributed by atoms with Gasteiger partial charge in [0.05, 0.1) is 0 Å². The lowest BCUT2D eigenvalue weighted by atomic mass is 10.1. The number of amides is 2. The maximum Gasteiger partial charge on any atom is 0.323 e. The Morgan fingerprint density at radius 3 is 2.52 bits per heavy atom. The molecule has 1 saturated carbocycles. The zero-order chi connectivity index (χ0) is 15.4. The van der Waals surface area contributed by atoms with Crippen LogP contribution < -0.4 is 0 Å². The van der Waals surface area contributed by atoms with E-state index in [1.807, 2.05) is 31.2 Å². The first-order chi connectivity index (χ1) is 9.97. The van der Waals surface area contributed by atoms with Gasteiger partial charge in [0.1, 0.15) is 6.54 Å². The number of aryl methyl sites for hydroxylation is 1. The smallest absolute Gasteiger partial charge is 0.323 e. The van der Waals surface area contributed by atoms with Crippen molar-refractivity contribution >= 4 is 12.0 Å². The van der Waals surface area contributed by atoms with Crippen LogP contribution in [0, 0.1) is 12.8 Å². The quantitative estimate of drug-likeness (QED) is 0.874. The number of carbonyl (C=O) groups is 2. The summed E-state index contributed by atoms with van der Waals surface area (Å²) in [5, 5.41) is 8.97. The Bertz CT molecular complexity index is 526. The van der Waals surface area contributed by atoms with Crippen LogP contribution >= 0.6 is 0 Å². The van der Waals surface area contributed by atoms with Gasteiger partial charge in [0.25, 0.3) is 0 Å². The van der Waals surface area contributed by atoms with Crippen LogP contribution in [0.15, 0.2) is 24.3 Å². The van der Waals surface area contributed by atoms with Gasteiger partial charge < -0.3 is 14.9 Å². The van der Waals surface area contributed by atoms with Crippen LogP contribution in [0.1, 0.15) is 24.0 Å². The molecular formula is C16H22N2O3. The lowest BCUT2D eigenvalue weighted by Gasteiger charge is -2.27. The van der Waals surface area contributed by atoms with Gasteiger partial charge in [0, 0.05) is 20.1 Å². The van der Waals surface area contributed by atoms with Crippen molar-refractivity contribution in [2.45, 2.75) is 26.3 Å². The van der Waals surface area contributed by atoms with E-state index in [4.69, 9.17) is 5.11 Å². The minimum absolute atomic E-state index is 0.215. The summed E-state index contributed by atoms with van der Waals surface area (Å²) in [5.74, 6) is -0.492. The van der Waals surface area contributed by atoms with Crippen molar-refractivity contribution in [1.82, 2.24) is 9.80 Å². The number of carboxylic acids is 1. The highest BCUT2D eigenvalue weighted by Gasteiger charge is 2.29. The van der Waals surface area contributed by atoms with Gasteiger partial charge in [-0.2, -0.15) is 0 Å². The molecule has 0 radical (unpaired) electrons. The van der Waals surface area contributed by atoms with Crippen molar-refractivity contribution in [3.63, 3.8) is 0 Å². The summed E-state index contributed by atoms with van der Waals surface area (Å²) in [6.07, 6.45) is 2.18. The van der Waals surface area contributed by atoms with Crippen molar-refractivity contribution in [3.8, 4) is 0 Å². The molecule has 0 aliphatic heterocycles. The van der Waals surface area contributed by atoms with Gasteiger partial charge in [-0.05, 0) is 36.8 Å². The maximum atomic E-state index is 12.4. The second kappa shape index (κ2) is 6.61. The molecule has 0 unspecified atom stereocenters. The highest BCUT2D eigenvalue weighted by Crippen LogP contribution is 2.30. The van der Waals surface area contributed by atoms with E-state index in [2.05, 4.69) is 0 Å². The molecule has 2 rings (SSSR count). The van der Waals surface area contributed by atoms with E-state index < -0.39 is 5.97 Å². The summed E-state index contributed by atoms with van der Waals surface area (Å²) < 4.78 is 0. The fraction of sp³-hybridized carbons (Fsp3) is 0.500. The summed E-state index contributed by atoms with van der Waals surface area (Å²) in [5.41, 5.74) is 2.21. The maximum absolute atomic E-state index is 12.4. The van der Waals surface area contributed by atoms with Crippen LogP contribution in [0.3, 0.4) is 0 Å². The van der Waals surface area contributed by atoms with E-state index in [0.717, 1.165) is 24.0 Å². The van der Waals surface area contributed by atoms with Crippen LogP contribution in [0.25, 0.3) is 0 Å². The van der Waals surface area contributed by atoms with Gasteiger partial charge in [-0.3, -0.25) is 4.79 Å². The molecule has 0 aromatic heterocycles. The Hall–Kier alpha value is -2.04. The van der Waals surface area contributed by atoms with Crippen LogP contribution in [-0.2, 0) is 11.3 Å².